The van der Waals surface area contributed by atoms with Crippen LogP contribution in [0, 0.1) is 12.7 Å². The molecule has 10 rings (SSSR count). The lowest BCUT2D eigenvalue weighted by atomic mass is 10.1. The quantitative estimate of drug-likeness (QED) is 0.156. The predicted molar refractivity (Wildman–Crippen MR) is 240 cm³/mol. The van der Waals surface area contributed by atoms with Gasteiger partial charge in [0.25, 0.3) is 35.2 Å². The Labute approximate surface area is 385 Å². The molecule has 2 aliphatic rings. The molecule has 6 aromatic heterocycles. The monoisotopic (exact) mass is 920 g/mol. The number of aromatic amines is 2. The molecule has 8 aromatic rings. The van der Waals surface area contributed by atoms with Gasteiger partial charge in [-0.05, 0) is 31.2 Å². The Hall–Kier alpha value is -8.95. The molecule has 2 fully saturated rings. The molecule has 0 unspecified atom stereocenters. The summed E-state index contributed by atoms with van der Waals surface area (Å²) in [5.74, 6) is -2.21. The first-order valence-corrected chi connectivity index (χ1v) is 21.3. The van der Waals surface area contributed by atoms with Crippen LogP contribution in [0.1, 0.15) is 47.3 Å². The van der Waals surface area contributed by atoms with Crippen LogP contribution < -0.4 is 4.74 Å². The van der Waals surface area contributed by atoms with Gasteiger partial charge in [-0.1, -0.05) is 41.6 Å². The lowest BCUT2D eigenvalue weighted by Gasteiger charge is -2.34. The largest absolute Gasteiger partial charge is 0.494 e. The Morgan fingerprint density at radius 2 is 1.10 bits per heavy atom. The topological polar surface area (TPSA) is 243 Å². The fourth-order valence-electron chi connectivity index (χ4n) is 8.10. The van der Waals surface area contributed by atoms with E-state index in [1.54, 1.807) is 53.1 Å². The number of piperazine rings is 2. The van der Waals surface area contributed by atoms with Gasteiger partial charge >= 0.3 is 0 Å². The SMILES string of the molecule is COc1cnc(-n2cnc(C)n2)c2[nH]cc(C(=O)C(=O)N3CCN(C(=O)c4ccccc4)CC3)c12.O=C(C(=O)N1CCN(C(=O)c2ccccc2)CC1)c1c[nH]c2c(-n3ccnn3)ncc(F)c12. The van der Waals surface area contributed by atoms with E-state index in [-0.39, 0.29) is 65.8 Å². The van der Waals surface area contributed by atoms with E-state index in [9.17, 15) is 33.2 Å². The van der Waals surface area contributed by atoms with Crippen LogP contribution in [0.4, 0.5) is 4.39 Å². The van der Waals surface area contributed by atoms with Crippen molar-refractivity contribution in [3.8, 4) is 17.4 Å². The van der Waals surface area contributed by atoms with Crippen molar-refractivity contribution in [2.45, 2.75) is 6.92 Å². The number of ether oxygens (including phenoxy) is 1. The maximum absolute atomic E-state index is 14.6. The highest BCUT2D eigenvalue weighted by atomic mass is 19.1. The number of aromatic nitrogens is 10. The van der Waals surface area contributed by atoms with Crippen LogP contribution >= 0.6 is 0 Å². The molecule has 344 valence electrons. The summed E-state index contributed by atoms with van der Waals surface area (Å²) in [6, 6.07) is 17.9. The van der Waals surface area contributed by atoms with Crippen LogP contribution in [-0.2, 0) is 9.59 Å². The first-order chi connectivity index (χ1) is 33.0. The summed E-state index contributed by atoms with van der Waals surface area (Å²) < 4.78 is 22.9. The lowest BCUT2D eigenvalue weighted by molar-refractivity contribution is -0.128. The van der Waals surface area contributed by atoms with Crippen LogP contribution in [0.2, 0.25) is 0 Å². The molecular formula is C46H41FN14O7. The van der Waals surface area contributed by atoms with Crippen LogP contribution in [-0.4, -0.2) is 164 Å². The molecule has 22 heteroatoms. The smallest absolute Gasteiger partial charge is 0.295 e. The predicted octanol–water partition coefficient (Wildman–Crippen LogP) is 3.08. The first-order valence-electron chi connectivity index (χ1n) is 21.3. The van der Waals surface area contributed by atoms with Gasteiger partial charge in [-0.3, -0.25) is 28.8 Å². The number of halogens is 1. The first kappa shape index (κ1) is 44.3. The molecule has 0 atom stereocenters. The molecular weight excluding hydrogens is 880 g/mol. The van der Waals surface area contributed by atoms with Crippen molar-refractivity contribution in [3.63, 3.8) is 0 Å². The van der Waals surface area contributed by atoms with Gasteiger partial charge in [-0.15, -0.1) is 5.10 Å². The minimum atomic E-state index is -0.835. The van der Waals surface area contributed by atoms with E-state index >= 15 is 0 Å². The number of carbonyl (C=O) groups excluding carboxylic acids is 6. The Balaban J connectivity index is 0.000000170. The van der Waals surface area contributed by atoms with E-state index in [0.29, 0.717) is 65.6 Å². The number of Topliss-reactive ketones (excluding diaryl/α,β-unsaturated/α-hetero) is 2. The average molecular weight is 921 g/mol. The number of benzene rings is 2. The summed E-state index contributed by atoms with van der Waals surface area (Å²) >= 11 is 0. The fourth-order valence-corrected chi connectivity index (χ4v) is 8.10. The third-order valence-corrected chi connectivity index (χ3v) is 11.6. The third kappa shape index (κ3) is 8.52. The number of carbonyl (C=O) groups is 6. The van der Waals surface area contributed by atoms with Crippen LogP contribution in [0.25, 0.3) is 33.4 Å². The van der Waals surface area contributed by atoms with Crippen LogP contribution in [0.15, 0.2) is 104 Å². The molecule has 0 spiro atoms. The number of pyridine rings is 2. The average Bonchev–Trinajstić information content (AvgIpc) is 4.24. The van der Waals surface area contributed by atoms with Crippen molar-refractivity contribution in [1.29, 1.82) is 0 Å². The molecule has 2 aliphatic heterocycles. The van der Waals surface area contributed by atoms with Gasteiger partial charge in [-0.2, -0.15) is 5.10 Å². The zero-order valence-electron chi connectivity index (χ0n) is 36.6. The number of aryl methyl sites for hydroxylation is 1. The van der Waals surface area contributed by atoms with Crippen LogP contribution in [0.5, 0.6) is 5.75 Å². The highest BCUT2D eigenvalue weighted by Gasteiger charge is 2.33. The molecule has 68 heavy (non-hydrogen) atoms. The van der Waals surface area contributed by atoms with Gasteiger partial charge in [0.1, 0.15) is 17.9 Å². The van der Waals surface area contributed by atoms with Crippen molar-refractivity contribution >= 4 is 57.0 Å². The summed E-state index contributed by atoms with van der Waals surface area (Å²) in [5.41, 5.74) is 2.00. The molecule has 0 saturated carbocycles. The number of H-pyrrole nitrogens is 2. The van der Waals surface area contributed by atoms with Crippen LogP contribution in [0.3, 0.4) is 0 Å². The van der Waals surface area contributed by atoms with E-state index in [1.807, 2.05) is 24.3 Å². The number of nitrogens with zero attached hydrogens (tertiary/aromatic N) is 12. The number of hydrogen-bond acceptors (Lipinski definition) is 13. The van der Waals surface area contributed by atoms with E-state index < -0.39 is 29.2 Å². The van der Waals surface area contributed by atoms with Crippen molar-refractivity contribution in [3.05, 3.63) is 138 Å². The molecule has 2 saturated heterocycles. The number of nitrogens with one attached hydrogen (secondary N) is 2. The summed E-state index contributed by atoms with van der Waals surface area (Å²) in [4.78, 5) is 102. The zero-order chi connectivity index (χ0) is 47.5. The molecule has 21 nitrogen and oxygen atoms in total. The molecule has 0 aliphatic carbocycles. The minimum absolute atomic E-state index is 0.0354. The number of rotatable bonds is 9. The number of methoxy groups -OCH3 is 1. The van der Waals surface area contributed by atoms with E-state index in [4.69, 9.17) is 4.74 Å². The standard InChI is InChI=1S/C24H23N7O4.C22H18FN7O3/c1-15-27-14-31(28-15)22-20-19(18(35-2)13-26-22)17(12-25-20)21(32)24(34)30-10-8-29(9-11-30)23(33)16-6-4-3-5-7-16;23-16-13-25-20(30-7-6-26-27-30)18-17(16)15(12-24-18)19(31)22(33)29-10-8-28(9-11-29)21(32)14-4-2-1-3-5-14/h3-7,12-14,25H,8-11H2,1-2H3;1-7,12-13,24H,8-11H2. The number of fused-ring (bicyclic) bond motifs is 2. The maximum atomic E-state index is 14.6. The van der Waals surface area contributed by atoms with E-state index in [2.05, 4.69) is 40.3 Å². The van der Waals surface area contributed by atoms with E-state index in [1.165, 1.54) is 63.6 Å². The minimum Gasteiger partial charge on any atom is -0.494 e. The fraction of sp³-hybridized carbons (Fsp3) is 0.217. The normalized spacial score (nSPS) is 13.9. The molecule has 0 bridgehead atoms. The second kappa shape index (κ2) is 18.9. The maximum Gasteiger partial charge on any atom is 0.295 e. The van der Waals surface area contributed by atoms with Gasteiger partial charge in [-0.25, -0.2) is 28.7 Å². The van der Waals surface area contributed by atoms with Gasteiger partial charge in [0.15, 0.2) is 17.5 Å². The Morgan fingerprint density at radius 3 is 1.59 bits per heavy atom. The summed E-state index contributed by atoms with van der Waals surface area (Å²) in [7, 11) is 1.47. The second-order valence-electron chi connectivity index (χ2n) is 15.6. The lowest BCUT2D eigenvalue weighted by Crippen LogP contribution is -2.52. The highest BCUT2D eigenvalue weighted by molar-refractivity contribution is 6.45. The molecule has 2 N–H and O–H groups in total. The molecule has 2 aromatic carbocycles. The third-order valence-electron chi connectivity index (χ3n) is 11.6. The molecule has 4 amide bonds. The number of ketones is 2. The zero-order valence-corrected chi connectivity index (χ0v) is 36.6. The number of amides is 4. The van der Waals surface area contributed by atoms with Crippen molar-refractivity contribution in [2.24, 2.45) is 0 Å². The Morgan fingerprint density at radius 1 is 0.618 bits per heavy atom. The van der Waals surface area contributed by atoms with Crippen molar-refractivity contribution < 1.29 is 37.9 Å². The van der Waals surface area contributed by atoms with Gasteiger partial charge in [0.05, 0.1) is 64.8 Å². The van der Waals surface area contributed by atoms with Gasteiger partial charge < -0.3 is 34.3 Å². The molecule has 8 heterocycles. The van der Waals surface area contributed by atoms with E-state index in [0.717, 1.165) is 6.20 Å². The Bertz CT molecular complexity index is 3190. The summed E-state index contributed by atoms with van der Waals surface area (Å²) in [6.45, 7) is 4.02. The second-order valence-corrected chi connectivity index (χ2v) is 15.6. The highest BCUT2D eigenvalue weighted by Crippen LogP contribution is 2.32. The van der Waals surface area contributed by atoms with Gasteiger partial charge in [0.2, 0.25) is 0 Å². The van der Waals surface area contributed by atoms with Crippen molar-refractivity contribution in [1.82, 2.24) is 69.3 Å². The Kier molecular flexibility index (Phi) is 12.3. The molecule has 0 radical (unpaired) electrons. The number of hydrogen-bond donors (Lipinski definition) is 2. The van der Waals surface area contributed by atoms with Crippen molar-refractivity contribution in [2.75, 3.05) is 59.5 Å². The van der Waals surface area contributed by atoms with Gasteiger partial charge in [0, 0.05) is 75.9 Å². The summed E-state index contributed by atoms with van der Waals surface area (Å²) in [5, 5.41) is 12.2. The summed E-state index contributed by atoms with van der Waals surface area (Å²) in [6.07, 6.45) is 9.73.